The number of hydrogen-bond donors (Lipinski definition) is 1. The third-order valence-electron chi connectivity index (χ3n) is 2.89. The molecule has 0 fully saturated rings. The maximum Gasteiger partial charge on any atom is 0.255 e. The first-order valence-electron chi connectivity index (χ1n) is 6.80. The van der Waals surface area contributed by atoms with Crippen LogP contribution in [-0.4, -0.2) is 12.5 Å². The average Bonchev–Trinajstić information content (AvgIpc) is 2.50. The number of anilines is 1. The molecule has 1 amide bonds. The highest BCUT2D eigenvalue weighted by molar-refractivity contribution is 6.42. The molecule has 2 aromatic rings. The molecular formula is C16H13Cl4NO2. The van der Waals surface area contributed by atoms with Crippen LogP contribution in [0.15, 0.2) is 30.3 Å². The minimum absolute atomic E-state index is 0.283. The number of halogens is 4. The van der Waals surface area contributed by atoms with E-state index < -0.39 is 0 Å². The van der Waals surface area contributed by atoms with E-state index in [4.69, 9.17) is 51.1 Å². The van der Waals surface area contributed by atoms with Crippen LogP contribution in [0.3, 0.4) is 0 Å². The van der Waals surface area contributed by atoms with E-state index in [9.17, 15) is 4.79 Å². The van der Waals surface area contributed by atoms with E-state index in [2.05, 4.69) is 5.32 Å². The van der Waals surface area contributed by atoms with Crippen molar-refractivity contribution in [3.8, 4) is 5.75 Å². The minimum atomic E-state index is -0.366. The fourth-order valence-corrected chi connectivity index (χ4v) is 2.70. The lowest BCUT2D eigenvalue weighted by atomic mass is 10.2. The van der Waals surface area contributed by atoms with Gasteiger partial charge in [0.05, 0.1) is 26.7 Å². The maximum atomic E-state index is 12.3. The Morgan fingerprint density at radius 2 is 1.65 bits per heavy atom. The van der Waals surface area contributed by atoms with Crippen LogP contribution in [0, 0.1) is 0 Å². The molecule has 0 unspecified atom stereocenters. The molecule has 23 heavy (non-hydrogen) atoms. The number of ether oxygens (including phenoxy) is 1. The third-order valence-corrected chi connectivity index (χ3v) is 4.19. The Labute approximate surface area is 154 Å². The predicted molar refractivity (Wildman–Crippen MR) is 96.7 cm³/mol. The van der Waals surface area contributed by atoms with Gasteiger partial charge in [-0.25, -0.2) is 0 Å². The standard InChI is InChI=1S/C16H13Cl4NO2/c1-2-5-23-15-13(19)6-9(7-14(15)20)16(22)21-10-3-4-11(17)12(18)8-10/h3-4,6-8H,2,5H2,1H3,(H,21,22). The van der Waals surface area contributed by atoms with Crippen molar-refractivity contribution in [1.29, 1.82) is 0 Å². The van der Waals surface area contributed by atoms with E-state index in [0.29, 0.717) is 33.7 Å². The van der Waals surface area contributed by atoms with Gasteiger partial charge in [-0.1, -0.05) is 53.3 Å². The fourth-order valence-electron chi connectivity index (χ4n) is 1.81. The molecule has 122 valence electrons. The monoisotopic (exact) mass is 391 g/mol. The number of hydrogen-bond acceptors (Lipinski definition) is 2. The summed E-state index contributed by atoms with van der Waals surface area (Å²) in [7, 11) is 0. The van der Waals surface area contributed by atoms with Gasteiger partial charge >= 0.3 is 0 Å². The molecule has 0 aliphatic heterocycles. The lowest BCUT2D eigenvalue weighted by molar-refractivity contribution is 0.102. The zero-order chi connectivity index (χ0) is 17.0. The summed E-state index contributed by atoms with van der Waals surface area (Å²) in [5, 5.41) is 4.03. The molecule has 3 nitrogen and oxygen atoms in total. The van der Waals surface area contributed by atoms with E-state index in [1.807, 2.05) is 6.92 Å². The number of amides is 1. The van der Waals surface area contributed by atoms with E-state index >= 15 is 0 Å². The van der Waals surface area contributed by atoms with Gasteiger partial charge < -0.3 is 10.1 Å². The quantitative estimate of drug-likeness (QED) is 0.644. The molecule has 1 N–H and O–H groups in total. The zero-order valence-electron chi connectivity index (χ0n) is 12.1. The predicted octanol–water partition coefficient (Wildman–Crippen LogP) is 6.34. The summed E-state index contributed by atoms with van der Waals surface area (Å²) in [6, 6.07) is 7.81. The van der Waals surface area contributed by atoms with Gasteiger partial charge in [0.15, 0.2) is 5.75 Å². The van der Waals surface area contributed by atoms with E-state index in [-0.39, 0.29) is 16.0 Å². The molecule has 0 atom stereocenters. The highest BCUT2D eigenvalue weighted by atomic mass is 35.5. The highest BCUT2D eigenvalue weighted by Crippen LogP contribution is 2.34. The molecule has 0 spiro atoms. The molecule has 0 aliphatic carbocycles. The van der Waals surface area contributed by atoms with Gasteiger partial charge in [0.2, 0.25) is 0 Å². The van der Waals surface area contributed by atoms with Crippen LogP contribution in [0.5, 0.6) is 5.75 Å². The van der Waals surface area contributed by atoms with Crippen molar-refractivity contribution in [2.75, 3.05) is 11.9 Å². The van der Waals surface area contributed by atoms with Crippen LogP contribution < -0.4 is 10.1 Å². The fraction of sp³-hybridized carbons (Fsp3) is 0.188. The van der Waals surface area contributed by atoms with Crippen LogP contribution in [-0.2, 0) is 0 Å². The Hall–Kier alpha value is -1.13. The molecule has 0 saturated carbocycles. The summed E-state index contributed by atoms with van der Waals surface area (Å²) >= 11 is 24.0. The second-order valence-corrected chi connectivity index (χ2v) is 6.33. The van der Waals surface area contributed by atoms with Gasteiger partial charge in [0, 0.05) is 11.3 Å². The first-order chi connectivity index (χ1) is 10.9. The number of carbonyl (C=O) groups excluding carboxylic acids is 1. The van der Waals surface area contributed by atoms with Gasteiger partial charge in [0.1, 0.15) is 0 Å². The largest absolute Gasteiger partial charge is 0.490 e. The minimum Gasteiger partial charge on any atom is -0.490 e. The van der Waals surface area contributed by atoms with Crippen LogP contribution in [0.1, 0.15) is 23.7 Å². The number of rotatable bonds is 5. The summed E-state index contributed by atoms with van der Waals surface area (Å²) in [6.45, 7) is 2.47. The van der Waals surface area contributed by atoms with Crippen molar-refractivity contribution in [3.05, 3.63) is 56.0 Å². The van der Waals surface area contributed by atoms with Gasteiger partial charge in [-0.05, 0) is 36.8 Å². The van der Waals surface area contributed by atoms with Gasteiger partial charge in [-0.3, -0.25) is 4.79 Å². The summed E-state index contributed by atoms with van der Waals surface area (Å²) in [6.07, 6.45) is 0.826. The lowest BCUT2D eigenvalue weighted by Gasteiger charge is -2.11. The number of carbonyl (C=O) groups is 1. The van der Waals surface area contributed by atoms with E-state index in [1.165, 1.54) is 12.1 Å². The smallest absolute Gasteiger partial charge is 0.255 e. The SMILES string of the molecule is CCCOc1c(Cl)cc(C(=O)Nc2ccc(Cl)c(Cl)c2)cc1Cl. The second-order valence-electron chi connectivity index (χ2n) is 4.70. The molecule has 0 saturated heterocycles. The van der Waals surface area contributed by atoms with E-state index in [0.717, 1.165) is 6.42 Å². The van der Waals surface area contributed by atoms with Crippen molar-refractivity contribution < 1.29 is 9.53 Å². The molecule has 0 bridgehead atoms. The lowest BCUT2D eigenvalue weighted by Crippen LogP contribution is -2.12. The van der Waals surface area contributed by atoms with Crippen molar-refractivity contribution in [1.82, 2.24) is 0 Å². The Balaban J connectivity index is 2.20. The highest BCUT2D eigenvalue weighted by Gasteiger charge is 2.14. The molecular weight excluding hydrogens is 380 g/mol. The van der Waals surface area contributed by atoms with Gasteiger partial charge in [0.25, 0.3) is 5.91 Å². The topological polar surface area (TPSA) is 38.3 Å². The number of benzene rings is 2. The maximum absolute atomic E-state index is 12.3. The molecule has 2 aromatic carbocycles. The summed E-state index contributed by atoms with van der Waals surface area (Å²) in [5.41, 5.74) is 0.831. The average molecular weight is 393 g/mol. The first kappa shape index (κ1) is 18.2. The van der Waals surface area contributed by atoms with Crippen LogP contribution in [0.25, 0.3) is 0 Å². The summed E-state index contributed by atoms with van der Waals surface area (Å²) < 4.78 is 5.47. The Kier molecular flexibility index (Phi) is 6.42. The van der Waals surface area contributed by atoms with E-state index in [1.54, 1.807) is 18.2 Å². The molecule has 0 heterocycles. The van der Waals surface area contributed by atoms with Gasteiger partial charge in [-0.15, -0.1) is 0 Å². The zero-order valence-corrected chi connectivity index (χ0v) is 15.2. The van der Waals surface area contributed by atoms with Crippen molar-refractivity contribution in [2.45, 2.75) is 13.3 Å². The summed E-state index contributed by atoms with van der Waals surface area (Å²) in [5.74, 6) is 0.00972. The molecule has 0 aromatic heterocycles. The van der Waals surface area contributed by atoms with Crippen LogP contribution in [0.2, 0.25) is 20.1 Å². The Morgan fingerprint density at radius 1 is 1.00 bits per heavy atom. The second kappa shape index (κ2) is 8.11. The molecule has 2 rings (SSSR count). The van der Waals surface area contributed by atoms with Crippen molar-refractivity contribution >= 4 is 58.0 Å². The number of nitrogens with one attached hydrogen (secondary N) is 1. The van der Waals surface area contributed by atoms with Crippen molar-refractivity contribution in [2.24, 2.45) is 0 Å². The first-order valence-corrected chi connectivity index (χ1v) is 8.31. The van der Waals surface area contributed by atoms with Gasteiger partial charge in [-0.2, -0.15) is 0 Å². The molecule has 0 radical (unpaired) electrons. The third kappa shape index (κ3) is 4.67. The normalized spacial score (nSPS) is 10.5. The van der Waals surface area contributed by atoms with Crippen LogP contribution >= 0.6 is 46.4 Å². The molecule has 7 heteroatoms. The summed E-state index contributed by atoms with van der Waals surface area (Å²) in [4.78, 5) is 12.3. The Bertz CT molecular complexity index is 711. The Morgan fingerprint density at radius 3 is 2.22 bits per heavy atom. The van der Waals surface area contributed by atoms with Crippen LogP contribution in [0.4, 0.5) is 5.69 Å². The van der Waals surface area contributed by atoms with Crippen molar-refractivity contribution in [3.63, 3.8) is 0 Å². The molecule has 0 aliphatic rings.